The minimum Gasteiger partial charge on any atom is -0.422 e. The second-order valence-corrected chi connectivity index (χ2v) is 5.98. The van der Waals surface area contributed by atoms with Crippen molar-refractivity contribution < 1.29 is 14.3 Å². The molecule has 106 valence electrons. The quantitative estimate of drug-likeness (QED) is 0.728. The van der Waals surface area contributed by atoms with Crippen molar-refractivity contribution in [3.05, 3.63) is 81.5 Å². The van der Waals surface area contributed by atoms with Crippen LogP contribution in [0.15, 0.2) is 64.8 Å². The van der Waals surface area contributed by atoms with E-state index in [0.717, 1.165) is 15.6 Å². The van der Waals surface area contributed by atoms with Crippen molar-refractivity contribution >= 4 is 38.8 Å². The molecule has 0 unspecified atom stereocenters. The zero-order valence-corrected chi connectivity index (χ0v) is 12.9. The molecule has 4 heteroatoms. The van der Waals surface area contributed by atoms with E-state index in [1.165, 1.54) is 6.08 Å². The van der Waals surface area contributed by atoms with Gasteiger partial charge in [0.15, 0.2) is 5.78 Å². The Morgan fingerprint density at radius 3 is 2.23 bits per heavy atom. The van der Waals surface area contributed by atoms with Gasteiger partial charge >= 0.3 is 5.97 Å². The summed E-state index contributed by atoms with van der Waals surface area (Å²) in [5, 5.41) is 0. The smallest absolute Gasteiger partial charge is 0.344 e. The molecule has 4 rings (SSSR count). The van der Waals surface area contributed by atoms with Gasteiger partial charge in [0, 0.05) is 21.7 Å². The molecule has 0 N–H and O–H groups in total. The maximum absolute atomic E-state index is 12.3. The lowest BCUT2D eigenvalue weighted by Gasteiger charge is -2.14. The third kappa shape index (κ3) is 1.88. The van der Waals surface area contributed by atoms with E-state index in [2.05, 4.69) is 15.9 Å². The van der Waals surface area contributed by atoms with E-state index in [9.17, 15) is 9.59 Å². The summed E-state index contributed by atoms with van der Waals surface area (Å²) in [6, 6.07) is 14.7. The Hall–Kier alpha value is -2.46. The SMILES string of the molecule is O=C1OC2=CC(=O)c3ccccc3C2=C1c1ccc(Br)cc1. The number of allylic oxidation sites excluding steroid dienone is 2. The number of ketones is 1. The van der Waals surface area contributed by atoms with Gasteiger partial charge in [0.1, 0.15) is 5.76 Å². The molecule has 0 aromatic heterocycles. The number of hydrogen-bond acceptors (Lipinski definition) is 3. The summed E-state index contributed by atoms with van der Waals surface area (Å²) >= 11 is 3.38. The van der Waals surface area contributed by atoms with Crippen LogP contribution in [0.2, 0.25) is 0 Å². The first kappa shape index (κ1) is 13.2. The lowest BCUT2D eigenvalue weighted by atomic mass is 9.87. The molecule has 0 fully saturated rings. The zero-order valence-electron chi connectivity index (χ0n) is 11.3. The summed E-state index contributed by atoms with van der Waals surface area (Å²) in [4.78, 5) is 24.4. The van der Waals surface area contributed by atoms with E-state index in [1.807, 2.05) is 42.5 Å². The third-order valence-electron chi connectivity index (χ3n) is 3.76. The van der Waals surface area contributed by atoms with Crippen molar-refractivity contribution in [3.8, 4) is 0 Å². The van der Waals surface area contributed by atoms with Crippen LogP contribution < -0.4 is 0 Å². The molecular formula is C18H9BrO3. The number of fused-ring (bicyclic) bond motifs is 3. The van der Waals surface area contributed by atoms with Gasteiger partial charge in [-0.3, -0.25) is 4.79 Å². The number of rotatable bonds is 1. The Morgan fingerprint density at radius 2 is 1.50 bits per heavy atom. The second-order valence-electron chi connectivity index (χ2n) is 5.06. The van der Waals surface area contributed by atoms with Crippen LogP contribution in [0.4, 0.5) is 0 Å². The third-order valence-corrected chi connectivity index (χ3v) is 4.29. The highest BCUT2D eigenvalue weighted by atomic mass is 79.9. The van der Waals surface area contributed by atoms with Gasteiger partial charge in [0.05, 0.1) is 5.57 Å². The van der Waals surface area contributed by atoms with Gasteiger partial charge < -0.3 is 4.74 Å². The summed E-state index contributed by atoms with van der Waals surface area (Å²) in [5.74, 6) is -0.223. The standard InChI is InChI=1S/C18H9BrO3/c19-11-7-5-10(6-8-11)16-17-13-4-2-1-3-12(13)14(20)9-15(17)22-18(16)21/h1-9H. The van der Waals surface area contributed by atoms with Crippen LogP contribution in [0.3, 0.4) is 0 Å². The number of benzene rings is 2. The van der Waals surface area contributed by atoms with Crippen LogP contribution in [0, 0.1) is 0 Å². The number of hydrogen-bond donors (Lipinski definition) is 0. The average molecular weight is 353 g/mol. The molecule has 0 amide bonds. The molecule has 0 saturated heterocycles. The normalized spacial score (nSPS) is 16.1. The first-order valence-electron chi connectivity index (χ1n) is 6.73. The van der Waals surface area contributed by atoms with Crippen LogP contribution in [0.25, 0.3) is 11.1 Å². The highest BCUT2D eigenvalue weighted by Crippen LogP contribution is 2.43. The fourth-order valence-corrected chi connectivity index (χ4v) is 3.05. The van der Waals surface area contributed by atoms with Crippen LogP contribution in [0.5, 0.6) is 0 Å². The van der Waals surface area contributed by atoms with Gasteiger partial charge in [0.25, 0.3) is 0 Å². The summed E-state index contributed by atoms with van der Waals surface area (Å²) in [5.41, 5.74) is 3.31. The molecule has 0 radical (unpaired) electrons. The van der Waals surface area contributed by atoms with Crippen molar-refractivity contribution in [2.24, 2.45) is 0 Å². The Kier molecular flexibility index (Phi) is 2.87. The van der Waals surface area contributed by atoms with E-state index < -0.39 is 5.97 Å². The lowest BCUT2D eigenvalue weighted by Crippen LogP contribution is -2.08. The largest absolute Gasteiger partial charge is 0.422 e. The predicted octanol–water partition coefficient (Wildman–Crippen LogP) is 4.00. The van der Waals surface area contributed by atoms with Crippen molar-refractivity contribution in [1.29, 1.82) is 0 Å². The Balaban J connectivity index is 2.02. The van der Waals surface area contributed by atoms with Crippen LogP contribution in [-0.4, -0.2) is 11.8 Å². The first-order valence-corrected chi connectivity index (χ1v) is 7.52. The highest BCUT2D eigenvalue weighted by molar-refractivity contribution is 9.10. The molecule has 1 aliphatic carbocycles. The van der Waals surface area contributed by atoms with Crippen molar-refractivity contribution in [1.82, 2.24) is 0 Å². The molecule has 1 aliphatic heterocycles. The van der Waals surface area contributed by atoms with Crippen molar-refractivity contribution in [2.45, 2.75) is 0 Å². The molecule has 0 saturated carbocycles. The van der Waals surface area contributed by atoms with Crippen LogP contribution in [-0.2, 0) is 9.53 Å². The fourth-order valence-electron chi connectivity index (χ4n) is 2.79. The topological polar surface area (TPSA) is 43.4 Å². The average Bonchev–Trinajstić information content (AvgIpc) is 2.84. The highest BCUT2D eigenvalue weighted by Gasteiger charge is 2.36. The fraction of sp³-hybridized carbons (Fsp3) is 0. The summed E-state index contributed by atoms with van der Waals surface area (Å²) in [7, 11) is 0. The molecule has 2 aliphatic rings. The Bertz CT molecular complexity index is 889. The van der Waals surface area contributed by atoms with Crippen LogP contribution >= 0.6 is 15.9 Å². The van der Waals surface area contributed by atoms with Gasteiger partial charge in [0.2, 0.25) is 0 Å². The summed E-state index contributed by atoms with van der Waals surface area (Å²) in [6.07, 6.45) is 1.39. The summed E-state index contributed by atoms with van der Waals surface area (Å²) < 4.78 is 6.24. The molecule has 22 heavy (non-hydrogen) atoms. The van der Waals surface area contributed by atoms with E-state index in [4.69, 9.17) is 4.74 Å². The minimum absolute atomic E-state index is 0.140. The Labute approximate surface area is 135 Å². The first-order chi connectivity index (χ1) is 10.6. The number of ether oxygens (including phenoxy) is 1. The van der Waals surface area contributed by atoms with E-state index in [0.29, 0.717) is 22.5 Å². The molecule has 2 aromatic rings. The zero-order chi connectivity index (χ0) is 15.3. The maximum Gasteiger partial charge on any atom is 0.344 e. The molecule has 0 atom stereocenters. The number of esters is 1. The second kappa shape index (κ2) is 4.78. The van der Waals surface area contributed by atoms with Crippen LogP contribution in [0.1, 0.15) is 21.5 Å². The molecule has 1 heterocycles. The van der Waals surface area contributed by atoms with Gasteiger partial charge in [-0.25, -0.2) is 4.79 Å². The van der Waals surface area contributed by atoms with Gasteiger partial charge in [-0.2, -0.15) is 0 Å². The number of carbonyl (C=O) groups is 2. The monoisotopic (exact) mass is 352 g/mol. The molecular weight excluding hydrogens is 344 g/mol. The molecule has 0 bridgehead atoms. The van der Waals surface area contributed by atoms with Crippen molar-refractivity contribution in [3.63, 3.8) is 0 Å². The molecule has 3 nitrogen and oxygen atoms in total. The van der Waals surface area contributed by atoms with Gasteiger partial charge in [-0.1, -0.05) is 52.3 Å². The predicted molar refractivity (Wildman–Crippen MR) is 85.9 cm³/mol. The van der Waals surface area contributed by atoms with Crippen molar-refractivity contribution in [2.75, 3.05) is 0 Å². The summed E-state index contributed by atoms with van der Waals surface area (Å²) in [6.45, 7) is 0. The lowest BCUT2D eigenvalue weighted by molar-refractivity contribution is -0.131. The van der Waals surface area contributed by atoms with E-state index >= 15 is 0 Å². The van der Waals surface area contributed by atoms with E-state index in [-0.39, 0.29) is 5.78 Å². The number of carbonyl (C=O) groups excluding carboxylic acids is 2. The molecule has 2 aromatic carbocycles. The van der Waals surface area contributed by atoms with Gasteiger partial charge in [-0.05, 0) is 23.3 Å². The Morgan fingerprint density at radius 1 is 0.818 bits per heavy atom. The van der Waals surface area contributed by atoms with E-state index in [1.54, 1.807) is 6.07 Å². The molecule has 0 spiro atoms. The number of halogens is 1. The maximum atomic E-state index is 12.3. The van der Waals surface area contributed by atoms with Gasteiger partial charge in [-0.15, -0.1) is 0 Å². The minimum atomic E-state index is -0.423.